The van der Waals surface area contributed by atoms with Gasteiger partial charge >= 0.3 is 5.97 Å². The Labute approximate surface area is 180 Å². The fourth-order valence-electron chi connectivity index (χ4n) is 2.39. The summed E-state index contributed by atoms with van der Waals surface area (Å²) in [5, 5.41) is 16.0. The summed E-state index contributed by atoms with van der Waals surface area (Å²) in [6, 6.07) is 12.8. The molecular weight excluding hydrogens is 426 g/mol. The maximum Gasteiger partial charge on any atom is 0.339 e. The molecule has 0 fully saturated rings. The van der Waals surface area contributed by atoms with Crippen molar-refractivity contribution in [1.29, 1.82) is 0 Å². The number of carbonyl (C=O) groups is 2. The Morgan fingerprint density at radius 2 is 1.97 bits per heavy atom. The van der Waals surface area contributed by atoms with Crippen LogP contribution < -0.4 is 5.32 Å². The average Bonchev–Trinajstić information content (AvgIpc) is 3.13. The van der Waals surface area contributed by atoms with E-state index in [4.69, 9.17) is 4.74 Å². The first kappa shape index (κ1) is 21.5. The number of amides is 1. The number of anilines is 1. The minimum absolute atomic E-state index is 0.0132. The van der Waals surface area contributed by atoms with Crippen molar-refractivity contribution < 1.29 is 19.2 Å². The fourth-order valence-corrected chi connectivity index (χ4v) is 4.27. The van der Waals surface area contributed by atoms with Crippen LogP contribution in [0.25, 0.3) is 0 Å². The van der Waals surface area contributed by atoms with Crippen molar-refractivity contribution in [3.05, 3.63) is 75.3 Å². The number of benzene rings is 2. The summed E-state index contributed by atoms with van der Waals surface area (Å²) in [5.74, 6) is -1.33. The second kappa shape index (κ2) is 9.51. The first-order valence-electron chi connectivity index (χ1n) is 8.79. The molecule has 3 rings (SSSR count). The summed E-state index contributed by atoms with van der Waals surface area (Å²) < 4.78 is 5.84. The van der Waals surface area contributed by atoms with Crippen LogP contribution in [0.2, 0.25) is 0 Å². The molecule has 0 radical (unpaired) electrons. The van der Waals surface area contributed by atoms with Gasteiger partial charge in [-0.05, 0) is 38.1 Å². The van der Waals surface area contributed by atoms with E-state index < -0.39 is 22.9 Å². The number of aromatic nitrogens is 1. The van der Waals surface area contributed by atoms with Crippen LogP contribution in [0.4, 0.5) is 11.4 Å². The highest BCUT2D eigenvalue weighted by Crippen LogP contribution is 2.36. The molecule has 0 spiro atoms. The number of hydrogen-bond donors (Lipinski definition) is 1. The van der Waals surface area contributed by atoms with Gasteiger partial charge in [-0.3, -0.25) is 14.9 Å². The van der Waals surface area contributed by atoms with Gasteiger partial charge in [-0.2, -0.15) is 0 Å². The number of para-hydroxylation sites is 1. The molecular formula is C20H17N3O5S2. The first-order valence-corrected chi connectivity index (χ1v) is 10.5. The summed E-state index contributed by atoms with van der Waals surface area (Å²) in [5.41, 5.74) is 1.15. The van der Waals surface area contributed by atoms with Crippen molar-refractivity contribution in [1.82, 2.24) is 4.98 Å². The van der Waals surface area contributed by atoms with E-state index >= 15 is 0 Å². The smallest absolute Gasteiger partial charge is 0.339 e. The summed E-state index contributed by atoms with van der Waals surface area (Å²) >= 11 is 2.53. The summed E-state index contributed by atoms with van der Waals surface area (Å²) in [6.45, 7) is 3.27. The first-order chi connectivity index (χ1) is 14.3. The van der Waals surface area contributed by atoms with Crippen molar-refractivity contribution >= 4 is 46.3 Å². The zero-order chi connectivity index (χ0) is 21.7. The molecule has 1 heterocycles. The molecule has 1 unspecified atom stereocenters. The fraction of sp³-hybridized carbons (Fsp3) is 0.150. The van der Waals surface area contributed by atoms with E-state index in [1.54, 1.807) is 24.3 Å². The van der Waals surface area contributed by atoms with Crippen molar-refractivity contribution in [3.63, 3.8) is 0 Å². The van der Waals surface area contributed by atoms with Gasteiger partial charge in [0.2, 0.25) is 0 Å². The molecule has 1 N–H and O–H groups in total. The van der Waals surface area contributed by atoms with E-state index in [1.165, 1.54) is 30.4 Å². The van der Waals surface area contributed by atoms with Gasteiger partial charge in [0.05, 0.1) is 15.4 Å². The van der Waals surface area contributed by atoms with Crippen LogP contribution in [0.1, 0.15) is 23.0 Å². The van der Waals surface area contributed by atoms with E-state index in [0.717, 1.165) is 23.5 Å². The molecule has 2 aromatic carbocycles. The molecule has 1 atom stereocenters. The monoisotopic (exact) mass is 443 g/mol. The Kier molecular flexibility index (Phi) is 6.80. The Hall–Kier alpha value is -3.24. The van der Waals surface area contributed by atoms with Crippen LogP contribution in [0.5, 0.6) is 0 Å². The van der Waals surface area contributed by atoms with Crippen LogP contribution in [0.3, 0.4) is 0 Å². The Morgan fingerprint density at radius 3 is 2.60 bits per heavy atom. The number of hydrogen-bond acceptors (Lipinski definition) is 8. The number of esters is 1. The second-order valence-corrected chi connectivity index (χ2v) is 8.35. The highest BCUT2D eigenvalue weighted by molar-refractivity contribution is 8.01. The summed E-state index contributed by atoms with van der Waals surface area (Å²) in [4.78, 5) is 40.2. The van der Waals surface area contributed by atoms with Gasteiger partial charge in [-0.15, -0.1) is 11.3 Å². The van der Waals surface area contributed by atoms with Crippen LogP contribution in [-0.2, 0) is 9.53 Å². The molecule has 154 valence electrons. The van der Waals surface area contributed by atoms with Gasteiger partial charge in [0.1, 0.15) is 0 Å². The van der Waals surface area contributed by atoms with Crippen molar-refractivity contribution in [2.24, 2.45) is 0 Å². The third-order valence-corrected chi connectivity index (χ3v) is 6.00. The average molecular weight is 444 g/mol. The largest absolute Gasteiger partial charge is 0.449 e. The number of thiazole rings is 1. The molecule has 0 aliphatic heterocycles. The molecule has 3 aromatic rings. The molecule has 0 saturated carbocycles. The minimum atomic E-state index is -1.08. The Bertz CT molecular complexity index is 1090. The summed E-state index contributed by atoms with van der Waals surface area (Å²) in [7, 11) is 0. The van der Waals surface area contributed by atoms with Crippen molar-refractivity contribution in [2.45, 2.75) is 29.2 Å². The number of carbonyl (C=O) groups excluding carboxylic acids is 2. The van der Waals surface area contributed by atoms with E-state index in [-0.39, 0.29) is 11.3 Å². The normalized spacial score (nSPS) is 11.5. The number of nitrogens with one attached hydrogen (secondary N) is 1. The SMILES string of the molecule is Cc1csc(Sc2ccc(C(=O)OC(C)C(=O)Nc3ccccc3)cc2[N+](=O)[O-])n1. The zero-order valence-electron chi connectivity index (χ0n) is 16.0. The lowest BCUT2D eigenvalue weighted by Gasteiger charge is -2.13. The number of rotatable bonds is 7. The molecule has 0 saturated heterocycles. The number of ether oxygens (including phenoxy) is 1. The van der Waals surface area contributed by atoms with E-state index in [2.05, 4.69) is 10.3 Å². The molecule has 30 heavy (non-hydrogen) atoms. The zero-order valence-corrected chi connectivity index (χ0v) is 17.7. The van der Waals surface area contributed by atoms with Crippen molar-refractivity contribution in [3.8, 4) is 0 Å². The quantitative estimate of drug-likeness (QED) is 0.320. The number of aryl methyl sites for hydroxylation is 1. The molecule has 0 bridgehead atoms. The molecule has 8 nitrogen and oxygen atoms in total. The maximum atomic E-state index is 12.4. The molecule has 1 amide bonds. The topological polar surface area (TPSA) is 111 Å². The lowest BCUT2D eigenvalue weighted by molar-refractivity contribution is -0.387. The van der Waals surface area contributed by atoms with Crippen LogP contribution in [0, 0.1) is 17.0 Å². The number of nitro groups is 1. The number of nitrogens with zero attached hydrogens (tertiary/aromatic N) is 2. The molecule has 0 aliphatic rings. The predicted octanol–water partition coefficient (Wildman–Crippen LogP) is 4.69. The maximum absolute atomic E-state index is 12.4. The third-order valence-electron chi connectivity index (χ3n) is 3.88. The lowest BCUT2D eigenvalue weighted by atomic mass is 10.2. The van der Waals surface area contributed by atoms with Gasteiger partial charge < -0.3 is 10.1 Å². The standard InChI is InChI=1S/C20H17N3O5S2/c1-12-11-29-20(21-12)30-17-9-8-14(10-16(17)23(26)27)19(25)28-13(2)18(24)22-15-6-4-3-5-7-15/h3-11,13H,1-2H3,(H,22,24). The number of nitro benzene ring substituents is 1. The minimum Gasteiger partial charge on any atom is -0.449 e. The van der Waals surface area contributed by atoms with Crippen LogP contribution >= 0.6 is 23.1 Å². The molecule has 0 aliphatic carbocycles. The van der Waals surface area contributed by atoms with Crippen LogP contribution in [0.15, 0.2) is 63.1 Å². The van der Waals surface area contributed by atoms with Gasteiger partial charge in [0.25, 0.3) is 11.6 Å². The van der Waals surface area contributed by atoms with E-state index in [9.17, 15) is 19.7 Å². The second-order valence-electron chi connectivity index (χ2n) is 6.20. The van der Waals surface area contributed by atoms with Gasteiger partial charge in [0.15, 0.2) is 10.4 Å². The van der Waals surface area contributed by atoms with Gasteiger partial charge in [-0.1, -0.05) is 30.0 Å². The highest BCUT2D eigenvalue weighted by atomic mass is 32.2. The van der Waals surface area contributed by atoms with E-state index in [1.807, 2.05) is 18.4 Å². The third kappa shape index (κ3) is 5.43. The highest BCUT2D eigenvalue weighted by Gasteiger charge is 2.23. The van der Waals surface area contributed by atoms with Gasteiger partial charge in [0, 0.05) is 22.8 Å². The van der Waals surface area contributed by atoms with Crippen LogP contribution in [-0.4, -0.2) is 27.9 Å². The molecule has 10 heteroatoms. The summed E-state index contributed by atoms with van der Waals surface area (Å²) in [6.07, 6.45) is -1.08. The molecule has 1 aromatic heterocycles. The Morgan fingerprint density at radius 1 is 1.23 bits per heavy atom. The Balaban J connectivity index is 1.71. The lowest BCUT2D eigenvalue weighted by Crippen LogP contribution is -2.30. The van der Waals surface area contributed by atoms with Crippen molar-refractivity contribution in [2.75, 3.05) is 5.32 Å². The van der Waals surface area contributed by atoms with E-state index in [0.29, 0.717) is 14.9 Å². The van der Waals surface area contributed by atoms with Gasteiger partial charge in [-0.25, -0.2) is 9.78 Å². The predicted molar refractivity (Wildman–Crippen MR) is 114 cm³/mol.